The highest BCUT2D eigenvalue weighted by atomic mass is 16.0. The summed E-state index contributed by atoms with van der Waals surface area (Å²) in [6.45, 7) is 0. The maximum atomic E-state index is 6.28. The van der Waals surface area contributed by atoms with E-state index in [9.17, 15) is 0 Å². The summed E-state index contributed by atoms with van der Waals surface area (Å²) in [6.07, 6.45) is 0. The zero-order valence-corrected chi connectivity index (χ0v) is 3.39. The maximum absolute atomic E-state index is 6.28. The summed E-state index contributed by atoms with van der Waals surface area (Å²) >= 11 is 0. The molecule has 40 valence electrons. The van der Waals surface area contributed by atoms with Crippen LogP contribution in [-0.2, 0) is 0 Å². The van der Waals surface area contributed by atoms with Crippen molar-refractivity contribution in [2.24, 2.45) is 10.2 Å². The minimum atomic E-state index is -0.574. The SMILES string of the molecule is N=NC(=N)N=N.O. The van der Waals surface area contributed by atoms with Gasteiger partial charge < -0.3 is 5.48 Å². The minimum Gasteiger partial charge on any atom is -0.412 e. The average Bonchev–Trinajstić information content (AvgIpc) is 1.65. The van der Waals surface area contributed by atoms with Gasteiger partial charge >= 0.3 is 0 Å². The molecule has 0 heterocycles. The van der Waals surface area contributed by atoms with Crippen LogP contribution in [0, 0.1) is 16.5 Å². The molecule has 7 heavy (non-hydrogen) atoms. The van der Waals surface area contributed by atoms with Crippen LogP contribution in [-0.4, -0.2) is 11.4 Å². The minimum absolute atomic E-state index is 0. The van der Waals surface area contributed by atoms with Crippen LogP contribution < -0.4 is 0 Å². The second-order valence-corrected chi connectivity index (χ2v) is 0.547. The molecule has 0 rings (SSSR count). The zero-order chi connectivity index (χ0) is 4.99. The topological polar surface area (TPSA) is 128 Å². The van der Waals surface area contributed by atoms with E-state index in [2.05, 4.69) is 10.2 Å². The highest BCUT2D eigenvalue weighted by molar-refractivity contribution is 5.76. The number of hydrogen-bond donors (Lipinski definition) is 3. The largest absolute Gasteiger partial charge is 0.412 e. The monoisotopic (exact) mass is 103 g/mol. The summed E-state index contributed by atoms with van der Waals surface area (Å²) in [5.41, 5.74) is 12.0. The van der Waals surface area contributed by atoms with Crippen LogP contribution in [0.2, 0.25) is 0 Å². The van der Waals surface area contributed by atoms with Gasteiger partial charge in [0.05, 0.1) is 0 Å². The molecule has 0 unspecified atom stereocenters. The fraction of sp³-hybridized carbons (Fsp3) is 0. The van der Waals surface area contributed by atoms with Crippen molar-refractivity contribution in [3.05, 3.63) is 0 Å². The van der Waals surface area contributed by atoms with E-state index in [1.54, 1.807) is 0 Å². The second kappa shape index (κ2) is 4.83. The van der Waals surface area contributed by atoms with E-state index < -0.39 is 5.96 Å². The lowest BCUT2D eigenvalue weighted by molar-refractivity contribution is 0.824. The van der Waals surface area contributed by atoms with Gasteiger partial charge in [0.15, 0.2) is 0 Å². The molecule has 0 atom stereocenters. The van der Waals surface area contributed by atoms with E-state index in [4.69, 9.17) is 16.5 Å². The Morgan fingerprint density at radius 3 is 1.43 bits per heavy atom. The molecular weight excluding hydrogens is 98.0 g/mol. The molecule has 0 bridgehead atoms. The molecule has 0 fully saturated rings. The normalized spacial score (nSPS) is 5.71. The van der Waals surface area contributed by atoms with E-state index in [1.165, 1.54) is 0 Å². The summed E-state index contributed by atoms with van der Waals surface area (Å²) in [4.78, 5) is 0. The molecule has 0 aliphatic rings. The number of rotatable bonds is 0. The second-order valence-electron chi connectivity index (χ2n) is 0.547. The van der Waals surface area contributed by atoms with Crippen LogP contribution in [0.25, 0.3) is 0 Å². The molecule has 0 spiro atoms. The summed E-state index contributed by atoms with van der Waals surface area (Å²) in [6, 6.07) is 0. The smallest absolute Gasteiger partial charge is 0.279 e. The molecule has 0 saturated heterocycles. The average molecular weight is 103 g/mol. The fourth-order valence-corrected chi connectivity index (χ4v) is 0.0250. The Bertz CT molecular complexity index is 76.1. The molecule has 0 aromatic rings. The van der Waals surface area contributed by atoms with Gasteiger partial charge in [-0.2, -0.15) is 0 Å². The molecular formula is CH5N5O. The van der Waals surface area contributed by atoms with Gasteiger partial charge in [0, 0.05) is 0 Å². The lowest BCUT2D eigenvalue weighted by Crippen LogP contribution is -1.75. The predicted molar refractivity (Wildman–Crippen MR) is 21.6 cm³/mol. The summed E-state index contributed by atoms with van der Waals surface area (Å²) in [5, 5.41) is 11.2. The van der Waals surface area contributed by atoms with Gasteiger partial charge in [0.25, 0.3) is 5.96 Å². The van der Waals surface area contributed by atoms with Crippen LogP contribution in [0.1, 0.15) is 0 Å². The van der Waals surface area contributed by atoms with Gasteiger partial charge in [-0.3, -0.25) is 5.41 Å². The molecule has 0 aromatic carbocycles. The van der Waals surface area contributed by atoms with Crippen LogP contribution in [0.4, 0.5) is 0 Å². The Morgan fingerprint density at radius 2 is 1.43 bits per heavy atom. The van der Waals surface area contributed by atoms with Gasteiger partial charge in [0.1, 0.15) is 0 Å². The third-order valence-corrected chi connectivity index (χ3v) is 0.212. The van der Waals surface area contributed by atoms with Gasteiger partial charge in [-0.15, -0.1) is 10.2 Å². The number of guanidine groups is 1. The van der Waals surface area contributed by atoms with E-state index in [-0.39, 0.29) is 5.48 Å². The molecule has 0 radical (unpaired) electrons. The van der Waals surface area contributed by atoms with Crippen molar-refractivity contribution in [2.75, 3.05) is 0 Å². The Balaban J connectivity index is 0. The highest BCUT2D eigenvalue weighted by Crippen LogP contribution is 1.70. The van der Waals surface area contributed by atoms with Gasteiger partial charge in [-0.1, -0.05) is 0 Å². The van der Waals surface area contributed by atoms with Crippen LogP contribution in [0.3, 0.4) is 0 Å². The summed E-state index contributed by atoms with van der Waals surface area (Å²) < 4.78 is 0. The lowest BCUT2D eigenvalue weighted by atomic mass is 11.1. The van der Waals surface area contributed by atoms with E-state index in [0.717, 1.165) is 0 Å². The molecule has 0 aromatic heterocycles. The van der Waals surface area contributed by atoms with Crippen LogP contribution in [0.5, 0.6) is 0 Å². The van der Waals surface area contributed by atoms with Crippen molar-refractivity contribution in [3.63, 3.8) is 0 Å². The highest BCUT2D eigenvalue weighted by Gasteiger charge is 1.76. The summed E-state index contributed by atoms with van der Waals surface area (Å²) in [5.74, 6) is -0.574. The Kier molecular flexibility index (Phi) is 6.40. The quantitative estimate of drug-likeness (QED) is 0.219. The van der Waals surface area contributed by atoms with Crippen molar-refractivity contribution in [1.29, 1.82) is 16.5 Å². The Labute approximate surface area is 39.4 Å². The maximum Gasteiger partial charge on any atom is 0.279 e. The van der Waals surface area contributed by atoms with Crippen molar-refractivity contribution in [2.45, 2.75) is 0 Å². The Hall–Kier alpha value is -1.17. The first kappa shape index (κ1) is 9.27. The van der Waals surface area contributed by atoms with Crippen LogP contribution >= 0.6 is 0 Å². The fourth-order valence-electron chi connectivity index (χ4n) is 0.0250. The third kappa shape index (κ3) is 4.83. The molecule has 0 saturated carbocycles. The van der Waals surface area contributed by atoms with Crippen molar-refractivity contribution in [1.82, 2.24) is 0 Å². The molecule has 6 nitrogen and oxygen atoms in total. The van der Waals surface area contributed by atoms with Crippen LogP contribution in [0.15, 0.2) is 10.2 Å². The first-order chi connectivity index (χ1) is 2.81. The van der Waals surface area contributed by atoms with Gasteiger partial charge in [0.2, 0.25) is 0 Å². The molecule has 0 aliphatic heterocycles. The first-order valence-electron chi connectivity index (χ1n) is 1.14. The number of hydrogen-bond acceptors (Lipinski definition) is 3. The predicted octanol–water partition coefficient (Wildman–Crippen LogP) is 0.158. The standard InChI is InChI=1S/CH3N5.H2O/c2-1(5-3)6-4;/h2-4H;1H2. The number of nitrogens with one attached hydrogen (secondary N) is 3. The van der Waals surface area contributed by atoms with Gasteiger partial charge in [-0.25, -0.2) is 11.1 Å². The van der Waals surface area contributed by atoms with Crippen molar-refractivity contribution < 1.29 is 5.48 Å². The number of nitrogens with zero attached hydrogens (tertiary/aromatic N) is 2. The lowest BCUT2D eigenvalue weighted by Gasteiger charge is -1.69. The molecule has 5 N–H and O–H groups in total. The molecule has 0 amide bonds. The zero-order valence-electron chi connectivity index (χ0n) is 3.39. The van der Waals surface area contributed by atoms with E-state index in [1.807, 2.05) is 0 Å². The molecule has 6 heteroatoms. The van der Waals surface area contributed by atoms with E-state index in [0.29, 0.717) is 0 Å². The third-order valence-electron chi connectivity index (χ3n) is 0.212. The summed E-state index contributed by atoms with van der Waals surface area (Å²) in [7, 11) is 0. The first-order valence-corrected chi connectivity index (χ1v) is 1.14. The van der Waals surface area contributed by atoms with E-state index >= 15 is 0 Å². The van der Waals surface area contributed by atoms with Gasteiger partial charge in [-0.05, 0) is 0 Å². The van der Waals surface area contributed by atoms with Crippen molar-refractivity contribution >= 4 is 5.96 Å². The Morgan fingerprint density at radius 1 is 1.14 bits per heavy atom. The van der Waals surface area contributed by atoms with Crippen molar-refractivity contribution in [3.8, 4) is 0 Å². The molecule has 0 aliphatic carbocycles.